The topological polar surface area (TPSA) is 75.7 Å². The standard InChI is InChI=1S/C17H20N2O4S2/c1-23-14-4-6-15(7-5-14)25(21,22)19-10-8-13(9-11-19)18-17(20)16-3-2-12-24-16/h2-7,12-13H,8-11H2,1H3,(H,18,20). The third-order valence-electron chi connectivity index (χ3n) is 4.23. The molecular weight excluding hydrogens is 360 g/mol. The Labute approximate surface area is 151 Å². The van der Waals surface area contributed by atoms with E-state index in [1.165, 1.54) is 15.6 Å². The molecule has 8 heteroatoms. The lowest BCUT2D eigenvalue weighted by molar-refractivity contribution is 0.0928. The first-order valence-corrected chi connectivity index (χ1v) is 10.3. The van der Waals surface area contributed by atoms with Gasteiger partial charge in [-0.2, -0.15) is 4.31 Å². The van der Waals surface area contributed by atoms with Gasteiger partial charge >= 0.3 is 0 Å². The van der Waals surface area contributed by atoms with Gasteiger partial charge in [-0.25, -0.2) is 8.42 Å². The second-order valence-corrected chi connectivity index (χ2v) is 8.69. The SMILES string of the molecule is COc1ccc(S(=O)(=O)N2CCC(NC(=O)c3cccs3)CC2)cc1. The van der Waals surface area contributed by atoms with E-state index in [9.17, 15) is 13.2 Å². The second-order valence-electron chi connectivity index (χ2n) is 5.80. The minimum atomic E-state index is -3.51. The van der Waals surface area contributed by atoms with Crippen LogP contribution in [0.15, 0.2) is 46.7 Å². The molecular formula is C17H20N2O4S2. The van der Waals surface area contributed by atoms with Crippen LogP contribution in [0, 0.1) is 0 Å². The maximum Gasteiger partial charge on any atom is 0.261 e. The summed E-state index contributed by atoms with van der Waals surface area (Å²) in [6, 6.07) is 10.0. The van der Waals surface area contributed by atoms with Crippen molar-refractivity contribution in [3.63, 3.8) is 0 Å². The summed E-state index contributed by atoms with van der Waals surface area (Å²) in [5.74, 6) is 0.528. The van der Waals surface area contributed by atoms with Crippen LogP contribution in [0.3, 0.4) is 0 Å². The molecule has 25 heavy (non-hydrogen) atoms. The molecule has 1 aliphatic rings. The van der Waals surface area contributed by atoms with Crippen molar-refractivity contribution in [1.29, 1.82) is 0 Å². The predicted octanol–water partition coefficient (Wildman–Crippen LogP) is 2.34. The number of methoxy groups -OCH3 is 1. The number of hydrogen-bond acceptors (Lipinski definition) is 5. The molecule has 1 fully saturated rings. The summed E-state index contributed by atoms with van der Waals surface area (Å²) >= 11 is 1.40. The Hall–Kier alpha value is -1.90. The summed E-state index contributed by atoms with van der Waals surface area (Å²) in [7, 11) is -1.97. The Morgan fingerprint density at radius 2 is 1.88 bits per heavy atom. The zero-order chi connectivity index (χ0) is 17.9. The van der Waals surface area contributed by atoms with Crippen molar-refractivity contribution in [3.05, 3.63) is 46.7 Å². The van der Waals surface area contributed by atoms with Gasteiger partial charge in [0.15, 0.2) is 0 Å². The molecule has 1 N–H and O–H groups in total. The van der Waals surface area contributed by atoms with Gasteiger partial charge in [0, 0.05) is 19.1 Å². The smallest absolute Gasteiger partial charge is 0.261 e. The van der Waals surface area contributed by atoms with E-state index >= 15 is 0 Å². The van der Waals surface area contributed by atoms with Gasteiger partial charge in [-0.1, -0.05) is 6.07 Å². The van der Waals surface area contributed by atoms with Gasteiger partial charge in [-0.15, -0.1) is 11.3 Å². The number of thiophene rings is 1. The summed E-state index contributed by atoms with van der Waals surface area (Å²) in [6.45, 7) is 0.785. The lowest BCUT2D eigenvalue weighted by atomic mass is 10.1. The molecule has 2 heterocycles. The molecule has 1 aromatic heterocycles. The van der Waals surface area contributed by atoms with Gasteiger partial charge < -0.3 is 10.1 Å². The molecule has 3 rings (SSSR count). The average molecular weight is 380 g/mol. The van der Waals surface area contributed by atoms with Gasteiger partial charge in [-0.3, -0.25) is 4.79 Å². The number of nitrogens with one attached hydrogen (secondary N) is 1. The van der Waals surface area contributed by atoms with E-state index in [0.29, 0.717) is 36.6 Å². The molecule has 0 aliphatic carbocycles. The normalized spacial score (nSPS) is 16.5. The Morgan fingerprint density at radius 1 is 1.20 bits per heavy atom. The number of benzene rings is 1. The number of rotatable bonds is 5. The van der Waals surface area contributed by atoms with E-state index in [1.807, 2.05) is 11.4 Å². The van der Waals surface area contributed by atoms with Crippen LogP contribution in [0.5, 0.6) is 5.75 Å². The highest BCUT2D eigenvalue weighted by Crippen LogP contribution is 2.23. The summed E-state index contributed by atoms with van der Waals surface area (Å²) in [6.07, 6.45) is 1.21. The molecule has 1 saturated heterocycles. The predicted molar refractivity (Wildman–Crippen MR) is 96.6 cm³/mol. The maximum atomic E-state index is 12.7. The molecule has 0 saturated carbocycles. The molecule has 1 aliphatic heterocycles. The molecule has 0 radical (unpaired) electrons. The van der Waals surface area contributed by atoms with Crippen molar-refractivity contribution in [3.8, 4) is 5.75 Å². The van der Waals surface area contributed by atoms with Crippen molar-refractivity contribution in [2.45, 2.75) is 23.8 Å². The van der Waals surface area contributed by atoms with E-state index in [2.05, 4.69) is 5.32 Å². The third-order valence-corrected chi connectivity index (χ3v) is 7.01. The molecule has 1 amide bonds. The van der Waals surface area contributed by atoms with Crippen molar-refractivity contribution >= 4 is 27.3 Å². The van der Waals surface area contributed by atoms with Gasteiger partial charge in [0.05, 0.1) is 16.9 Å². The zero-order valence-electron chi connectivity index (χ0n) is 13.8. The first kappa shape index (κ1) is 17.9. The molecule has 134 valence electrons. The fraction of sp³-hybridized carbons (Fsp3) is 0.353. The minimum absolute atomic E-state index is 0.00285. The van der Waals surface area contributed by atoms with Crippen LogP contribution < -0.4 is 10.1 Å². The van der Waals surface area contributed by atoms with E-state index in [4.69, 9.17) is 4.74 Å². The molecule has 1 aromatic carbocycles. The second kappa shape index (κ2) is 7.55. The number of carbonyl (C=O) groups excluding carboxylic acids is 1. The van der Waals surface area contributed by atoms with Crippen LogP contribution in [0.4, 0.5) is 0 Å². The molecule has 0 spiro atoms. The molecule has 0 atom stereocenters. The summed E-state index contributed by atoms with van der Waals surface area (Å²) in [5.41, 5.74) is 0. The van der Waals surface area contributed by atoms with Crippen LogP contribution in [-0.2, 0) is 10.0 Å². The fourth-order valence-electron chi connectivity index (χ4n) is 2.80. The van der Waals surface area contributed by atoms with E-state index < -0.39 is 10.0 Å². The van der Waals surface area contributed by atoms with Crippen LogP contribution in [0.25, 0.3) is 0 Å². The number of ether oxygens (including phenoxy) is 1. The summed E-state index contributed by atoms with van der Waals surface area (Å²) < 4.78 is 31.9. The summed E-state index contributed by atoms with van der Waals surface area (Å²) in [5, 5.41) is 4.84. The van der Waals surface area contributed by atoms with E-state index in [1.54, 1.807) is 37.4 Å². The average Bonchev–Trinajstić information content (AvgIpc) is 3.17. The van der Waals surface area contributed by atoms with Gasteiger partial charge in [0.25, 0.3) is 5.91 Å². The highest BCUT2D eigenvalue weighted by molar-refractivity contribution is 7.89. The van der Waals surface area contributed by atoms with Gasteiger partial charge in [0.2, 0.25) is 10.0 Å². The maximum absolute atomic E-state index is 12.7. The van der Waals surface area contributed by atoms with Crippen molar-refractivity contribution in [2.75, 3.05) is 20.2 Å². The minimum Gasteiger partial charge on any atom is -0.497 e. The molecule has 0 bridgehead atoms. The fourth-order valence-corrected chi connectivity index (χ4v) is 4.90. The van der Waals surface area contributed by atoms with Crippen LogP contribution in [-0.4, -0.2) is 44.9 Å². The number of amides is 1. The van der Waals surface area contributed by atoms with Gasteiger partial charge in [-0.05, 0) is 48.6 Å². The Balaban J connectivity index is 1.60. The lowest BCUT2D eigenvalue weighted by Crippen LogP contribution is -2.46. The third kappa shape index (κ3) is 4.02. The number of piperidine rings is 1. The Bertz CT molecular complexity index is 809. The molecule has 2 aromatic rings. The number of carbonyl (C=O) groups is 1. The van der Waals surface area contributed by atoms with Gasteiger partial charge in [0.1, 0.15) is 5.75 Å². The first-order valence-electron chi connectivity index (χ1n) is 7.99. The van der Waals surface area contributed by atoms with Crippen LogP contribution in [0.2, 0.25) is 0 Å². The first-order chi connectivity index (χ1) is 12.0. The Morgan fingerprint density at radius 3 is 2.44 bits per heavy atom. The van der Waals surface area contributed by atoms with Crippen molar-refractivity contribution < 1.29 is 17.9 Å². The van der Waals surface area contributed by atoms with E-state index in [0.717, 1.165) is 0 Å². The zero-order valence-corrected chi connectivity index (χ0v) is 15.5. The monoisotopic (exact) mass is 380 g/mol. The highest BCUT2D eigenvalue weighted by Gasteiger charge is 2.30. The highest BCUT2D eigenvalue weighted by atomic mass is 32.2. The largest absolute Gasteiger partial charge is 0.497 e. The number of hydrogen-bond donors (Lipinski definition) is 1. The van der Waals surface area contributed by atoms with Crippen molar-refractivity contribution in [1.82, 2.24) is 9.62 Å². The lowest BCUT2D eigenvalue weighted by Gasteiger charge is -2.31. The quantitative estimate of drug-likeness (QED) is 0.864. The molecule has 0 unspecified atom stereocenters. The van der Waals surface area contributed by atoms with Crippen LogP contribution >= 0.6 is 11.3 Å². The van der Waals surface area contributed by atoms with Crippen LogP contribution in [0.1, 0.15) is 22.5 Å². The summed E-state index contributed by atoms with van der Waals surface area (Å²) in [4.78, 5) is 13.0. The molecule has 6 nitrogen and oxygen atoms in total. The van der Waals surface area contributed by atoms with E-state index in [-0.39, 0.29) is 16.8 Å². The number of nitrogens with zero attached hydrogens (tertiary/aromatic N) is 1. The van der Waals surface area contributed by atoms with Crippen molar-refractivity contribution in [2.24, 2.45) is 0 Å². The number of sulfonamides is 1. The Kier molecular flexibility index (Phi) is 5.41.